The van der Waals surface area contributed by atoms with E-state index in [-0.39, 0.29) is 4.90 Å². The van der Waals surface area contributed by atoms with Crippen LogP contribution in [0.4, 0.5) is 5.69 Å². The Morgan fingerprint density at radius 3 is 2.56 bits per heavy atom. The van der Waals surface area contributed by atoms with Crippen LogP contribution in [0, 0.1) is 12.8 Å². The van der Waals surface area contributed by atoms with Gasteiger partial charge in [0.1, 0.15) is 0 Å². The van der Waals surface area contributed by atoms with Crippen molar-refractivity contribution < 1.29 is 8.42 Å². The van der Waals surface area contributed by atoms with Gasteiger partial charge in [-0.15, -0.1) is 0 Å². The molecule has 0 atom stereocenters. The van der Waals surface area contributed by atoms with E-state index in [0.29, 0.717) is 23.0 Å². The summed E-state index contributed by atoms with van der Waals surface area (Å²) in [5, 5.41) is 0.427. The second-order valence-electron chi connectivity index (χ2n) is 6.40. The minimum atomic E-state index is -3.53. The van der Waals surface area contributed by atoms with Gasteiger partial charge in [-0.2, -0.15) is 0 Å². The van der Waals surface area contributed by atoms with E-state index < -0.39 is 10.0 Å². The van der Waals surface area contributed by atoms with E-state index in [1.165, 1.54) is 11.8 Å². The molecule has 3 rings (SSSR count). The summed E-state index contributed by atoms with van der Waals surface area (Å²) in [6, 6.07) is 8.94. The Morgan fingerprint density at radius 1 is 1.20 bits per heavy atom. The molecule has 0 saturated carbocycles. The van der Waals surface area contributed by atoms with Gasteiger partial charge in [-0.3, -0.25) is 4.98 Å². The lowest BCUT2D eigenvalue weighted by molar-refractivity contribution is 0.402. The maximum Gasteiger partial charge on any atom is 0.240 e. The van der Waals surface area contributed by atoms with Gasteiger partial charge in [0.15, 0.2) is 0 Å². The predicted octanol–water partition coefficient (Wildman–Crippen LogP) is 3.24. The molecule has 0 aliphatic carbocycles. The van der Waals surface area contributed by atoms with Crippen molar-refractivity contribution in [3.8, 4) is 0 Å². The highest BCUT2D eigenvalue weighted by Crippen LogP contribution is 2.24. The fourth-order valence-electron chi connectivity index (χ4n) is 3.12. The molecule has 5 nitrogen and oxygen atoms in total. The molecule has 1 aromatic carbocycles. The van der Waals surface area contributed by atoms with Crippen molar-refractivity contribution in [2.24, 2.45) is 5.92 Å². The number of aryl methyl sites for hydroxylation is 1. The molecule has 25 heavy (non-hydrogen) atoms. The molecular weight excluding hydrogens is 358 g/mol. The highest BCUT2D eigenvalue weighted by molar-refractivity contribution is 7.89. The van der Waals surface area contributed by atoms with Crippen molar-refractivity contribution in [3.63, 3.8) is 0 Å². The molecule has 0 amide bonds. The van der Waals surface area contributed by atoms with Crippen LogP contribution in [0.5, 0.6) is 0 Å². The molecule has 2 aromatic rings. The van der Waals surface area contributed by atoms with Crippen LogP contribution >= 0.6 is 11.6 Å². The summed E-state index contributed by atoms with van der Waals surface area (Å²) < 4.78 is 27.8. The summed E-state index contributed by atoms with van der Waals surface area (Å²) in [5.41, 5.74) is 1.87. The minimum absolute atomic E-state index is 0.259. The molecule has 0 unspecified atom stereocenters. The third-order valence-corrected chi connectivity index (χ3v) is 6.44. The van der Waals surface area contributed by atoms with Gasteiger partial charge < -0.3 is 4.90 Å². The van der Waals surface area contributed by atoms with Crippen LogP contribution in [-0.4, -0.2) is 33.0 Å². The summed E-state index contributed by atoms with van der Waals surface area (Å²) in [4.78, 5) is 6.61. The first-order valence-corrected chi connectivity index (χ1v) is 10.2. The SMILES string of the molecule is Cc1ccc(Cl)cc1S(=O)(=O)NCC1CCN(c2ccncc2)CC1. The summed E-state index contributed by atoms with van der Waals surface area (Å²) in [6.07, 6.45) is 5.50. The number of pyridine rings is 1. The van der Waals surface area contributed by atoms with E-state index in [9.17, 15) is 8.42 Å². The van der Waals surface area contributed by atoms with Crippen LogP contribution in [0.2, 0.25) is 5.02 Å². The van der Waals surface area contributed by atoms with Crippen molar-refractivity contribution in [2.45, 2.75) is 24.7 Å². The standard InChI is InChI=1S/C18H22ClN3O2S/c1-14-2-3-16(19)12-18(14)25(23,24)21-13-15-6-10-22(11-7-15)17-4-8-20-9-5-17/h2-5,8-9,12,15,21H,6-7,10-11,13H2,1H3. The number of rotatable bonds is 5. The third kappa shape index (κ3) is 4.51. The van der Waals surface area contributed by atoms with E-state index in [2.05, 4.69) is 14.6 Å². The molecule has 0 bridgehead atoms. The fourth-order valence-corrected chi connectivity index (χ4v) is 4.74. The Bertz CT molecular complexity index is 819. The number of benzene rings is 1. The molecule has 1 aliphatic rings. The number of piperidine rings is 1. The summed E-state index contributed by atoms with van der Waals surface area (Å²) >= 11 is 5.94. The first-order valence-electron chi connectivity index (χ1n) is 8.36. The topological polar surface area (TPSA) is 62.3 Å². The molecule has 1 saturated heterocycles. The zero-order valence-corrected chi connectivity index (χ0v) is 15.7. The first kappa shape index (κ1) is 18.2. The number of hydrogen-bond acceptors (Lipinski definition) is 4. The van der Waals surface area contributed by atoms with E-state index in [4.69, 9.17) is 11.6 Å². The molecule has 1 N–H and O–H groups in total. The van der Waals surface area contributed by atoms with Crippen molar-refractivity contribution in [1.29, 1.82) is 0 Å². The molecule has 2 heterocycles. The normalized spacial score (nSPS) is 16.2. The fraction of sp³-hybridized carbons (Fsp3) is 0.389. The summed E-state index contributed by atoms with van der Waals surface area (Å²) in [5.74, 6) is 0.340. The first-order chi connectivity index (χ1) is 12.0. The summed E-state index contributed by atoms with van der Waals surface area (Å²) in [6.45, 7) is 4.08. The highest BCUT2D eigenvalue weighted by atomic mass is 35.5. The zero-order valence-electron chi connectivity index (χ0n) is 14.2. The average molecular weight is 380 g/mol. The van der Waals surface area contributed by atoms with Crippen LogP contribution in [0.1, 0.15) is 18.4 Å². The molecule has 1 aliphatic heterocycles. The van der Waals surface area contributed by atoms with Crippen LogP contribution in [-0.2, 0) is 10.0 Å². The number of aromatic nitrogens is 1. The van der Waals surface area contributed by atoms with E-state index in [0.717, 1.165) is 25.9 Å². The maximum absolute atomic E-state index is 12.5. The smallest absolute Gasteiger partial charge is 0.240 e. The van der Waals surface area contributed by atoms with Crippen LogP contribution in [0.3, 0.4) is 0 Å². The zero-order chi connectivity index (χ0) is 17.9. The van der Waals surface area contributed by atoms with Gasteiger partial charge in [0.05, 0.1) is 4.90 Å². The van der Waals surface area contributed by atoms with Crippen LogP contribution in [0.25, 0.3) is 0 Å². The van der Waals surface area contributed by atoms with Gasteiger partial charge in [0, 0.05) is 42.7 Å². The second-order valence-corrected chi connectivity index (χ2v) is 8.57. The molecule has 0 spiro atoms. The number of nitrogens with zero attached hydrogens (tertiary/aromatic N) is 2. The predicted molar refractivity (Wildman–Crippen MR) is 101 cm³/mol. The Morgan fingerprint density at radius 2 is 1.88 bits per heavy atom. The van der Waals surface area contributed by atoms with Gasteiger partial charge in [-0.25, -0.2) is 13.1 Å². The quantitative estimate of drug-likeness (QED) is 0.866. The van der Waals surface area contributed by atoms with Crippen LogP contribution < -0.4 is 9.62 Å². The Balaban J connectivity index is 1.57. The highest BCUT2D eigenvalue weighted by Gasteiger charge is 2.23. The second kappa shape index (κ2) is 7.72. The number of halogens is 1. The molecule has 0 radical (unpaired) electrons. The third-order valence-electron chi connectivity index (χ3n) is 4.64. The number of nitrogens with one attached hydrogen (secondary N) is 1. The summed E-state index contributed by atoms with van der Waals surface area (Å²) in [7, 11) is -3.53. The number of anilines is 1. The molecule has 7 heteroatoms. The van der Waals surface area contributed by atoms with Gasteiger partial charge >= 0.3 is 0 Å². The van der Waals surface area contributed by atoms with Gasteiger partial charge in [-0.1, -0.05) is 17.7 Å². The van der Waals surface area contributed by atoms with E-state index in [1.807, 2.05) is 12.1 Å². The monoisotopic (exact) mass is 379 g/mol. The Hall–Kier alpha value is -1.63. The van der Waals surface area contributed by atoms with Crippen molar-refractivity contribution >= 4 is 27.3 Å². The molecule has 1 aromatic heterocycles. The van der Waals surface area contributed by atoms with Gasteiger partial charge in [0.25, 0.3) is 0 Å². The van der Waals surface area contributed by atoms with Crippen LogP contribution in [0.15, 0.2) is 47.6 Å². The largest absolute Gasteiger partial charge is 0.371 e. The number of sulfonamides is 1. The lowest BCUT2D eigenvalue weighted by Crippen LogP contribution is -2.38. The lowest BCUT2D eigenvalue weighted by atomic mass is 9.97. The van der Waals surface area contributed by atoms with Crippen molar-refractivity contribution in [3.05, 3.63) is 53.3 Å². The minimum Gasteiger partial charge on any atom is -0.371 e. The maximum atomic E-state index is 12.5. The molecule has 1 fully saturated rings. The van der Waals surface area contributed by atoms with Gasteiger partial charge in [0.2, 0.25) is 10.0 Å². The average Bonchev–Trinajstić information content (AvgIpc) is 2.63. The number of hydrogen-bond donors (Lipinski definition) is 1. The van der Waals surface area contributed by atoms with Gasteiger partial charge in [-0.05, 0) is 55.5 Å². The van der Waals surface area contributed by atoms with Crippen molar-refractivity contribution in [2.75, 3.05) is 24.5 Å². The lowest BCUT2D eigenvalue weighted by Gasteiger charge is -2.33. The Labute approximate surface area is 154 Å². The van der Waals surface area contributed by atoms with E-state index >= 15 is 0 Å². The molecule has 134 valence electrons. The Kier molecular flexibility index (Phi) is 5.61. The molecular formula is C18H22ClN3O2S. The van der Waals surface area contributed by atoms with Crippen molar-refractivity contribution in [1.82, 2.24) is 9.71 Å². The van der Waals surface area contributed by atoms with E-state index in [1.54, 1.807) is 31.5 Å².